The summed E-state index contributed by atoms with van der Waals surface area (Å²) in [6.45, 7) is 2.05. The lowest BCUT2D eigenvalue weighted by Crippen LogP contribution is -2.00. The first kappa shape index (κ1) is 16.9. The number of hydrogen-bond acceptors (Lipinski definition) is 2. The van der Waals surface area contributed by atoms with Crippen molar-refractivity contribution in [2.75, 3.05) is 0 Å². The van der Waals surface area contributed by atoms with Gasteiger partial charge in [0.25, 0.3) is 0 Å². The highest BCUT2D eigenvalue weighted by molar-refractivity contribution is 6.16. The molecule has 0 aliphatic heterocycles. The molecule has 0 spiro atoms. The molecule has 0 radical (unpaired) electrons. The third-order valence-corrected chi connectivity index (χ3v) is 5.77. The maximum atomic E-state index is 13.2. The lowest BCUT2D eigenvalue weighted by atomic mass is 9.96. The third kappa shape index (κ3) is 2.31. The monoisotopic (exact) mass is 390 g/mol. The molecule has 144 valence electrons. The van der Waals surface area contributed by atoms with Gasteiger partial charge in [-0.2, -0.15) is 0 Å². The van der Waals surface area contributed by atoms with Crippen LogP contribution in [0.15, 0.2) is 88.1 Å². The summed E-state index contributed by atoms with van der Waals surface area (Å²) in [5.41, 5.74) is 6.97. The molecule has 0 amide bonds. The van der Waals surface area contributed by atoms with Crippen molar-refractivity contribution >= 4 is 32.8 Å². The summed E-state index contributed by atoms with van der Waals surface area (Å²) in [4.78, 5) is 20.2. The summed E-state index contributed by atoms with van der Waals surface area (Å²) in [6, 6.07) is 26.0. The minimum absolute atomic E-state index is 0.332. The molecule has 0 saturated carbocycles. The Hall–Kier alpha value is -4.05. The molecule has 6 aromatic rings. The average Bonchev–Trinajstić information content (AvgIpc) is 3.32. The number of nitrogens with one attached hydrogen (secondary N) is 2. The third-order valence-electron chi connectivity index (χ3n) is 5.77. The summed E-state index contributed by atoms with van der Waals surface area (Å²) < 4.78 is 5.73. The van der Waals surface area contributed by atoms with Crippen molar-refractivity contribution in [3.05, 3.63) is 95.0 Å². The van der Waals surface area contributed by atoms with E-state index in [2.05, 4.69) is 34.2 Å². The van der Waals surface area contributed by atoms with Crippen LogP contribution in [0.25, 0.3) is 55.2 Å². The Morgan fingerprint density at radius 3 is 2.27 bits per heavy atom. The molecule has 0 atom stereocenters. The molecule has 4 nitrogen and oxygen atoms in total. The summed E-state index contributed by atoms with van der Waals surface area (Å²) in [7, 11) is 0. The normalized spacial score (nSPS) is 11.6. The zero-order valence-electron chi connectivity index (χ0n) is 16.3. The highest BCUT2D eigenvalue weighted by Crippen LogP contribution is 2.43. The molecule has 6 rings (SSSR count). The fourth-order valence-electron chi connectivity index (χ4n) is 4.49. The van der Waals surface area contributed by atoms with Crippen molar-refractivity contribution in [1.82, 2.24) is 9.97 Å². The predicted molar refractivity (Wildman–Crippen MR) is 122 cm³/mol. The first-order chi connectivity index (χ1) is 14.7. The maximum absolute atomic E-state index is 13.2. The first-order valence-electron chi connectivity index (χ1n) is 9.93. The molecule has 30 heavy (non-hydrogen) atoms. The maximum Gasteiger partial charge on any atom is 0.346 e. The fourth-order valence-corrected chi connectivity index (χ4v) is 4.49. The summed E-state index contributed by atoms with van der Waals surface area (Å²) in [5.74, 6) is 0. The molecule has 0 aliphatic carbocycles. The Balaban J connectivity index is 1.86. The van der Waals surface area contributed by atoms with Gasteiger partial charge in [0, 0.05) is 33.1 Å². The van der Waals surface area contributed by atoms with Crippen LogP contribution < -0.4 is 5.63 Å². The Morgan fingerprint density at radius 1 is 0.733 bits per heavy atom. The number of aromatic amines is 2. The number of rotatable bonds is 2. The van der Waals surface area contributed by atoms with Crippen LogP contribution in [0.4, 0.5) is 0 Å². The molecule has 0 saturated heterocycles. The summed E-state index contributed by atoms with van der Waals surface area (Å²) >= 11 is 0. The largest absolute Gasteiger partial charge is 0.422 e. The highest BCUT2D eigenvalue weighted by atomic mass is 16.4. The molecule has 0 fully saturated rings. The SMILES string of the molecule is Cc1[nH]c2ccccc2c1-c1c(-c2ccccc2)[nH]c2c1c(=O)oc1ccccc12. The fraction of sp³-hybridized carbons (Fsp3) is 0.0385. The zero-order chi connectivity index (χ0) is 20.2. The van der Waals surface area contributed by atoms with Gasteiger partial charge in [-0.05, 0) is 30.7 Å². The van der Waals surface area contributed by atoms with Crippen LogP contribution in [0.2, 0.25) is 0 Å². The number of para-hydroxylation sites is 2. The molecule has 3 aromatic carbocycles. The smallest absolute Gasteiger partial charge is 0.346 e. The van der Waals surface area contributed by atoms with Gasteiger partial charge in [0.15, 0.2) is 0 Å². The van der Waals surface area contributed by atoms with Crippen molar-refractivity contribution in [1.29, 1.82) is 0 Å². The van der Waals surface area contributed by atoms with Crippen LogP contribution in [0, 0.1) is 6.92 Å². The van der Waals surface area contributed by atoms with Gasteiger partial charge in [-0.25, -0.2) is 4.79 Å². The van der Waals surface area contributed by atoms with Gasteiger partial charge in [-0.1, -0.05) is 60.7 Å². The minimum Gasteiger partial charge on any atom is -0.422 e. The Bertz CT molecular complexity index is 1620. The van der Waals surface area contributed by atoms with Crippen molar-refractivity contribution < 1.29 is 4.42 Å². The van der Waals surface area contributed by atoms with Gasteiger partial charge in [0.2, 0.25) is 0 Å². The molecule has 3 heterocycles. The summed E-state index contributed by atoms with van der Waals surface area (Å²) in [6.07, 6.45) is 0. The van der Waals surface area contributed by atoms with Crippen LogP contribution in [-0.4, -0.2) is 9.97 Å². The van der Waals surface area contributed by atoms with Crippen LogP contribution in [0.5, 0.6) is 0 Å². The molecule has 3 aromatic heterocycles. The van der Waals surface area contributed by atoms with Crippen LogP contribution in [0.1, 0.15) is 5.69 Å². The zero-order valence-corrected chi connectivity index (χ0v) is 16.3. The second-order valence-electron chi connectivity index (χ2n) is 7.55. The van der Waals surface area contributed by atoms with Crippen molar-refractivity contribution in [2.45, 2.75) is 6.92 Å². The van der Waals surface area contributed by atoms with E-state index in [0.29, 0.717) is 11.0 Å². The van der Waals surface area contributed by atoms with E-state index in [0.717, 1.165) is 49.9 Å². The van der Waals surface area contributed by atoms with Gasteiger partial charge in [-0.3, -0.25) is 0 Å². The van der Waals surface area contributed by atoms with Crippen LogP contribution >= 0.6 is 0 Å². The van der Waals surface area contributed by atoms with Crippen molar-refractivity contribution in [3.8, 4) is 22.4 Å². The molecule has 4 heteroatoms. The number of hydrogen-bond donors (Lipinski definition) is 2. The van der Waals surface area contributed by atoms with Gasteiger partial charge < -0.3 is 14.4 Å². The molecule has 0 unspecified atom stereocenters. The van der Waals surface area contributed by atoms with Gasteiger partial charge in [-0.15, -0.1) is 0 Å². The highest BCUT2D eigenvalue weighted by Gasteiger charge is 2.24. The van der Waals surface area contributed by atoms with Crippen molar-refractivity contribution in [3.63, 3.8) is 0 Å². The molecular weight excluding hydrogens is 372 g/mol. The van der Waals surface area contributed by atoms with Crippen molar-refractivity contribution in [2.24, 2.45) is 0 Å². The van der Waals surface area contributed by atoms with Crippen LogP contribution in [-0.2, 0) is 0 Å². The van der Waals surface area contributed by atoms with E-state index < -0.39 is 0 Å². The Labute approximate surface area is 171 Å². The van der Waals surface area contributed by atoms with Gasteiger partial charge in [0.05, 0.1) is 16.6 Å². The predicted octanol–water partition coefficient (Wildman–Crippen LogP) is 6.40. The number of benzene rings is 3. The van der Waals surface area contributed by atoms with E-state index in [1.165, 1.54) is 0 Å². The number of aryl methyl sites for hydroxylation is 1. The minimum atomic E-state index is -0.332. The number of aromatic nitrogens is 2. The number of fused-ring (bicyclic) bond motifs is 4. The first-order valence-corrected chi connectivity index (χ1v) is 9.93. The average molecular weight is 390 g/mol. The standard InChI is InChI=1S/C26H18N2O2/c1-15-21(17-11-5-7-13-19(17)27-15)22-23-25(28-24(22)16-9-3-2-4-10-16)18-12-6-8-14-20(18)30-26(23)29/h2-14,27-28H,1H3. The topological polar surface area (TPSA) is 61.8 Å². The van der Waals surface area contributed by atoms with E-state index in [9.17, 15) is 4.79 Å². The molecule has 0 bridgehead atoms. The van der Waals surface area contributed by atoms with E-state index >= 15 is 0 Å². The van der Waals surface area contributed by atoms with E-state index in [-0.39, 0.29) is 5.63 Å². The molecule has 2 N–H and O–H groups in total. The quantitative estimate of drug-likeness (QED) is 0.336. The lowest BCUT2D eigenvalue weighted by Gasteiger charge is -2.06. The molecular formula is C26H18N2O2. The van der Waals surface area contributed by atoms with E-state index in [4.69, 9.17) is 4.42 Å². The summed E-state index contributed by atoms with van der Waals surface area (Å²) in [5, 5.41) is 2.56. The number of H-pyrrole nitrogens is 2. The van der Waals surface area contributed by atoms with Crippen LogP contribution in [0.3, 0.4) is 0 Å². The van der Waals surface area contributed by atoms with Gasteiger partial charge >= 0.3 is 5.63 Å². The Morgan fingerprint density at radius 2 is 1.43 bits per heavy atom. The molecule has 0 aliphatic rings. The lowest BCUT2D eigenvalue weighted by molar-refractivity contribution is 0.570. The van der Waals surface area contributed by atoms with E-state index in [1.54, 1.807) is 0 Å². The second-order valence-corrected chi connectivity index (χ2v) is 7.55. The van der Waals surface area contributed by atoms with E-state index in [1.807, 2.05) is 61.5 Å². The van der Waals surface area contributed by atoms with Gasteiger partial charge in [0.1, 0.15) is 5.58 Å². The Kier molecular flexibility index (Phi) is 3.50. The second kappa shape index (κ2) is 6.22.